The van der Waals surface area contributed by atoms with Gasteiger partial charge in [-0.2, -0.15) is 0 Å². The lowest BCUT2D eigenvalue weighted by Gasteiger charge is -2.33. The van der Waals surface area contributed by atoms with Gasteiger partial charge in [-0.15, -0.1) is 0 Å². The van der Waals surface area contributed by atoms with E-state index in [9.17, 15) is 8.78 Å². The van der Waals surface area contributed by atoms with Crippen molar-refractivity contribution in [1.29, 1.82) is 0 Å². The van der Waals surface area contributed by atoms with Crippen molar-refractivity contribution >= 4 is 0 Å². The third kappa shape index (κ3) is 2.76. The van der Waals surface area contributed by atoms with Crippen molar-refractivity contribution in [3.63, 3.8) is 0 Å². The van der Waals surface area contributed by atoms with E-state index in [4.69, 9.17) is 4.74 Å². The third-order valence-corrected chi connectivity index (χ3v) is 3.94. The SMILES string of the molecule is CNC1c2ccccc2CCC1Oc1cc(F)ccc1F. The first-order valence-electron chi connectivity index (χ1n) is 7.06. The fraction of sp³-hybridized carbons (Fsp3) is 0.294. The highest BCUT2D eigenvalue weighted by molar-refractivity contribution is 5.34. The monoisotopic (exact) mass is 289 g/mol. The summed E-state index contributed by atoms with van der Waals surface area (Å²) in [7, 11) is 1.85. The van der Waals surface area contributed by atoms with Crippen LogP contribution < -0.4 is 10.1 Å². The molecule has 0 spiro atoms. The van der Waals surface area contributed by atoms with Crippen molar-refractivity contribution in [2.24, 2.45) is 0 Å². The average Bonchev–Trinajstić information content (AvgIpc) is 2.50. The zero-order chi connectivity index (χ0) is 14.8. The molecule has 0 amide bonds. The van der Waals surface area contributed by atoms with Crippen LogP contribution in [0.25, 0.3) is 0 Å². The summed E-state index contributed by atoms with van der Waals surface area (Å²) in [6.45, 7) is 0. The van der Waals surface area contributed by atoms with Gasteiger partial charge in [-0.25, -0.2) is 8.78 Å². The average molecular weight is 289 g/mol. The molecule has 2 atom stereocenters. The number of fused-ring (bicyclic) bond motifs is 1. The molecule has 0 aliphatic heterocycles. The summed E-state index contributed by atoms with van der Waals surface area (Å²) in [6.07, 6.45) is 1.41. The Bertz CT molecular complexity index is 644. The second-order valence-electron chi connectivity index (χ2n) is 5.23. The molecule has 2 aromatic carbocycles. The van der Waals surface area contributed by atoms with E-state index in [1.54, 1.807) is 0 Å². The van der Waals surface area contributed by atoms with E-state index < -0.39 is 11.6 Å². The van der Waals surface area contributed by atoms with Crippen LogP contribution in [-0.2, 0) is 6.42 Å². The van der Waals surface area contributed by atoms with Crippen LogP contribution in [0.3, 0.4) is 0 Å². The minimum atomic E-state index is -0.537. The topological polar surface area (TPSA) is 21.3 Å². The summed E-state index contributed by atoms with van der Waals surface area (Å²) in [4.78, 5) is 0. The van der Waals surface area contributed by atoms with Crippen molar-refractivity contribution in [3.05, 3.63) is 65.2 Å². The van der Waals surface area contributed by atoms with Crippen molar-refractivity contribution in [2.75, 3.05) is 7.05 Å². The first-order valence-corrected chi connectivity index (χ1v) is 7.06. The van der Waals surface area contributed by atoms with Gasteiger partial charge in [0.05, 0.1) is 6.04 Å². The van der Waals surface area contributed by atoms with Crippen molar-refractivity contribution in [2.45, 2.75) is 25.0 Å². The first-order chi connectivity index (χ1) is 10.2. The van der Waals surface area contributed by atoms with Crippen LogP contribution in [0.1, 0.15) is 23.6 Å². The lowest BCUT2D eigenvalue weighted by Crippen LogP contribution is -2.38. The van der Waals surface area contributed by atoms with Crippen LogP contribution in [0.15, 0.2) is 42.5 Å². The van der Waals surface area contributed by atoms with Crippen molar-refractivity contribution < 1.29 is 13.5 Å². The number of hydrogen-bond donors (Lipinski definition) is 1. The van der Waals surface area contributed by atoms with E-state index in [1.807, 2.05) is 25.2 Å². The van der Waals surface area contributed by atoms with Gasteiger partial charge in [-0.1, -0.05) is 24.3 Å². The number of likely N-dealkylation sites (N-methyl/N-ethyl adjacent to an activating group) is 1. The summed E-state index contributed by atoms with van der Waals surface area (Å²) in [5, 5.41) is 3.22. The summed E-state index contributed by atoms with van der Waals surface area (Å²) in [6, 6.07) is 11.4. The molecule has 0 radical (unpaired) electrons. The molecule has 2 unspecified atom stereocenters. The number of rotatable bonds is 3. The molecule has 1 N–H and O–H groups in total. The van der Waals surface area contributed by atoms with Crippen LogP contribution in [0.4, 0.5) is 8.78 Å². The number of ether oxygens (including phenoxy) is 1. The summed E-state index contributed by atoms with van der Waals surface area (Å²) in [5.41, 5.74) is 2.43. The quantitative estimate of drug-likeness (QED) is 0.932. The maximum atomic E-state index is 13.7. The van der Waals surface area contributed by atoms with Crippen LogP contribution >= 0.6 is 0 Å². The summed E-state index contributed by atoms with van der Waals surface area (Å²) >= 11 is 0. The molecule has 0 heterocycles. The minimum Gasteiger partial charge on any atom is -0.485 e. The number of benzene rings is 2. The highest BCUT2D eigenvalue weighted by Crippen LogP contribution is 2.33. The number of aryl methyl sites for hydroxylation is 1. The molecule has 21 heavy (non-hydrogen) atoms. The molecule has 0 aromatic heterocycles. The number of hydrogen-bond acceptors (Lipinski definition) is 2. The van der Waals surface area contributed by atoms with Gasteiger partial charge in [0.2, 0.25) is 0 Å². The third-order valence-electron chi connectivity index (χ3n) is 3.94. The van der Waals surface area contributed by atoms with Crippen LogP contribution in [0.5, 0.6) is 5.75 Å². The lowest BCUT2D eigenvalue weighted by atomic mass is 9.85. The zero-order valence-electron chi connectivity index (χ0n) is 11.8. The Labute approximate surface area is 122 Å². The van der Waals surface area contributed by atoms with Gasteiger partial charge in [-0.3, -0.25) is 0 Å². The minimum absolute atomic E-state index is 0.0281. The standard InChI is InChI=1S/C17H17F2NO/c1-20-17-13-5-3-2-4-11(13)6-9-15(17)21-16-10-12(18)7-8-14(16)19/h2-5,7-8,10,15,17,20H,6,9H2,1H3. The van der Waals surface area contributed by atoms with Crippen molar-refractivity contribution in [3.8, 4) is 5.75 Å². The normalized spacial score (nSPS) is 20.9. The van der Waals surface area contributed by atoms with Crippen molar-refractivity contribution in [1.82, 2.24) is 5.32 Å². The fourth-order valence-electron chi connectivity index (χ4n) is 2.93. The highest BCUT2D eigenvalue weighted by Gasteiger charge is 2.30. The summed E-state index contributed by atoms with van der Waals surface area (Å²) in [5.74, 6) is -1.06. The molecule has 2 nitrogen and oxygen atoms in total. The van der Waals surface area contributed by atoms with E-state index in [-0.39, 0.29) is 17.9 Å². The number of halogens is 2. The van der Waals surface area contributed by atoms with Gasteiger partial charge in [-0.05, 0) is 43.1 Å². The van der Waals surface area contributed by atoms with Gasteiger partial charge in [0.25, 0.3) is 0 Å². The molecule has 1 aliphatic carbocycles. The van der Waals surface area contributed by atoms with Gasteiger partial charge in [0.1, 0.15) is 11.9 Å². The Kier molecular flexibility index (Phi) is 3.88. The van der Waals surface area contributed by atoms with E-state index >= 15 is 0 Å². The molecule has 0 saturated carbocycles. The zero-order valence-corrected chi connectivity index (χ0v) is 11.8. The summed E-state index contributed by atoms with van der Waals surface area (Å²) < 4.78 is 32.7. The largest absolute Gasteiger partial charge is 0.485 e. The molecule has 110 valence electrons. The second-order valence-corrected chi connectivity index (χ2v) is 5.23. The van der Waals surface area contributed by atoms with Crippen LogP contribution in [0, 0.1) is 11.6 Å². The first kappa shape index (κ1) is 14.0. The molecular formula is C17H17F2NO. The predicted octanol–water partition coefficient (Wildman–Crippen LogP) is 3.62. The Morgan fingerprint density at radius 3 is 2.76 bits per heavy atom. The molecule has 0 saturated heterocycles. The van der Waals surface area contributed by atoms with E-state index in [2.05, 4.69) is 11.4 Å². The highest BCUT2D eigenvalue weighted by atomic mass is 19.1. The van der Waals surface area contributed by atoms with Gasteiger partial charge < -0.3 is 10.1 Å². The lowest BCUT2D eigenvalue weighted by molar-refractivity contribution is 0.133. The van der Waals surface area contributed by atoms with Gasteiger partial charge in [0.15, 0.2) is 11.6 Å². The van der Waals surface area contributed by atoms with E-state index in [0.29, 0.717) is 0 Å². The van der Waals surface area contributed by atoms with Crippen LogP contribution in [-0.4, -0.2) is 13.2 Å². The Morgan fingerprint density at radius 1 is 1.14 bits per heavy atom. The molecule has 4 heteroatoms. The Balaban J connectivity index is 1.88. The Hall–Kier alpha value is -1.94. The van der Waals surface area contributed by atoms with E-state index in [1.165, 1.54) is 5.56 Å². The Morgan fingerprint density at radius 2 is 1.95 bits per heavy atom. The smallest absolute Gasteiger partial charge is 0.165 e. The molecule has 2 aromatic rings. The molecule has 0 bridgehead atoms. The van der Waals surface area contributed by atoms with E-state index in [0.717, 1.165) is 36.6 Å². The molecule has 3 rings (SSSR count). The van der Waals surface area contributed by atoms with Gasteiger partial charge in [0, 0.05) is 6.07 Å². The fourth-order valence-corrected chi connectivity index (χ4v) is 2.93. The molecule has 1 aliphatic rings. The molecular weight excluding hydrogens is 272 g/mol. The number of nitrogens with one attached hydrogen (secondary N) is 1. The van der Waals surface area contributed by atoms with Crippen LogP contribution in [0.2, 0.25) is 0 Å². The maximum absolute atomic E-state index is 13.7. The predicted molar refractivity (Wildman–Crippen MR) is 77.3 cm³/mol. The molecule has 0 fully saturated rings. The van der Waals surface area contributed by atoms with Gasteiger partial charge >= 0.3 is 0 Å². The maximum Gasteiger partial charge on any atom is 0.165 e. The second kappa shape index (κ2) is 5.82.